The van der Waals surface area contributed by atoms with Gasteiger partial charge in [-0.1, -0.05) is 12.1 Å². The van der Waals surface area contributed by atoms with E-state index in [0.717, 1.165) is 5.56 Å². The van der Waals surface area contributed by atoms with Crippen LogP contribution < -0.4 is 10.5 Å². The number of amides is 1. The molecule has 0 unspecified atom stereocenters. The Bertz CT molecular complexity index is 722. The second-order valence-corrected chi connectivity index (χ2v) is 6.35. The molecule has 0 aliphatic carbocycles. The number of carbonyl (C=O) groups is 1. The molecule has 2 rings (SSSR count). The van der Waals surface area contributed by atoms with Crippen LogP contribution in [-0.2, 0) is 16.6 Å². The third-order valence-electron chi connectivity index (χ3n) is 2.49. The molecule has 106 valence electrons. The molecule has 0 spiro atoms. The van der Waals surface area contributed by atoms with Crippen molar-refractivity contribution in [3.8, 4) is 0 Å². The number of nitrogens with two attached hydrogens (primary N) is 1. The Hall–Kier alpha value is -1.64. The number of halogens is 1. The van der Waals surface area contributed by atoms with Gasteiger partial charge in [0.25, 0.3) is 10.0 Å². The zero-order valence-corrected chi connectivity index (χ0v) is 12.6. The molecule has 20 heavy (non-hydrogen) atoms. The van der Waals surface area contributed by atoms with Crippen molar-refractivity contribution in [3.63, 3.8) is 0 Å². The molecule has 8 heteroatoms. The van der Waals surface area contributed by atoms with Crippen LogP contribution in [0.15, 0.2) is 50.4 Å². The van der Waals surface area contributed by atoms with E-state index in [0.29, 0.717) is 11.2 Å². The number of furan rings is 1. The standard InChI is InChI=1S/C12H11BrN2O4S/c13-11-6-5-10(19-11)12(16)15-20(17,18)9-3-1-8(7-14)2-4-9/h1-6H,7,14H2,(H,15,16). The first-order valence-corrected chi connectivity index (χ1v) is 7.81. The van der Waals surface area contributed by atoms with E-state index in [-0.39, 0.29) is 10.7 Å². The van der Waals surface area contributed by atoms with Crippen LogP contribution in [0.25, 0.3) is 0 Å². The van der Waals surface area contributed by atoms with E-state index >= 15 is 0 Å². The molecule has 1 amide bonds. The Morgan fingerprint density at radius 2 is 1.85 bits per heavy atom. The fraction of sp³-hybridized carbons (Fsp3) is 0.0833. The SMILES string of the molecule is NCc1ccc(S(=O)(=O)NC(=O)c2ccc(Br)o2)cc1. The maximum absolute atomic E-state index is 12.0. The van der Waals surface area contributed by atoms with E-state index in [4.69, 9.17) is 10.2 Å². The molecule has 1 heterocycles. The van der Waals surface area contributed by atoms with E-state index in [2.05, 4.69) is 15.9 Å². The van der Waals surface area contributed by atoms with Gasteiger partial charge in [0.1, 0.15) is 0 Å². The maximum atomic E-state index is 12.0. The summed E-state index contributed by atoms with van der Waals surface area (Å²) in [4.78, 5) is 11.7. The predicted molar refractivity (Wildman–Crippen MR) is 75.4 cm³/mol. The first-order valence-electron chi connectivity index (χ1n) is 5.54. The van der Waals surface area contributed by atoms with E-state index in [1.54, 1.807) is 12.1 Å². The maximum Gasteiger partial charge on any atom is 0.300 e. The van der Waals surface area contributed by atoms with E-state index in [9.17, 15) is 13.2 Å². The van der Waals surface area contributed by atoms with Crippen molar-refractivity contribution < 1.29 is 17.6 Å². The highest BCUT2D eigenvalue weighted by atomic mass is 79.9. The van der Waals surface area contributed by atoms with Crippen LogP contribution in [0.1, 0.15) is 16.1 Å². The minimum Gasteiger partial charge on any atom is -0.444 e. The largest absolute Gasteiger partial charge is 0.444 e. The second-order valence-electron chi connectivity index (χ2n) is 3.89. The van der Waals surface area contributed by atoms with Crippen molar-refractivity contribution >= 4 is 31.9 Å². The monoisotopic (exact) mass is 358 g/mol. The van der Waals surface area contributed by atoms with E-state index < -0.39 is 15.9 Å². The number of carbonyl (C=O) groups excluding carboxylic acids is 1. The zero-order chi connectivity index (χ0) is 14.8. The molecular formula is C12H11BrN2O4S. The van der Waals surface area contributed by atoms with Crippen molar-refractivity contribution in [2.75, 3.05) is 0 Å². The summed E-state index contributed by atoms with van der Waals surface area (Å²) in [6.45, 7) is 0.313. The van der Waals surface area contributed by atoms with Crippen LogP contribution >= 0.6 is 15.9 Å². The van der Waals surface area contributed by atoms with Crippen LogP contribution in [-0.4, -0.2) is 14.3 Å². The molecule has 0 aliphatic heterocycles. The van der Waals surface area contributed by atoms with Crippen molar-refractivity contribution in [2.24, 2.45) is 5.73 Å². The number of sulfonamides is 1. The van der Waals surface area contributed by atoms with Crippen LogP contribution in [0.4, 0.5) is 0 Å². The van der Waals surface area contributed by atoms with Gasteiger partial charge in [-0.15, -0.1) is 0 Å². The lowest BCUT2D eigenvalue weighted by atomic mass is 10.2. The van der Waals surface area contributed by atoms with Crippen LogP contribution in [0.2, 0.25) is 0 Å². The number of hydrogen-bond donors (Lipinski definition) is 2. The van der Waals surface area contributed by atoms with Gasteiger partial charge in [0.05, 0.1) is 4.90 Å². The highest BCUT2D eigenvalue weighted by Gasteiger charge is 2.20. The van der Waals surface area contributed by atoms with Crippen LogP contribution in [0.3, 0.4) is 0 Å². The first-order chi connectivity index (χ1) is 9.42. The molecule has 0 bridgehead atoms. The second kappa shape index (κ2) is 5.78. The number of hydrogen-bond acceptors (Lipinski definition) is 5. The summed E-state index contributed by atoms with van der Waals surface area (Å²) in [7, 11) is -3.94. The van der Waals surface area contributed by atoms with Crippen molar-refractivity contribution in [3.05, 3.63) is 52.4 Å². The van der Waals surface area contributed by atoms with Crippen molar-refractivity contribution in [2.45, 2.75) is 11.4 Å². The summed E-state index contributed by atoms with van der Waals surface area (Å²) in [5, 5.41) is 0. The Kier molecular flexibility index (Phi) is 4.26. The molecule has 0 fully saturated rings. The van der Waals surface area contributed by atoms with Gasteiger partial charge in [-0.25, -0.2) is 13.1 Å². The minimum absolute atomic E-state index is 0.0197. The number of benzene rings is 1. The highest BCUT2D eigenvalue weighted by Crippen LogP contribution is 2.15. The highest BCUT2D eigenvalue weighted by molar-refractivity contribution is 9.10. The Balaban J connectivity index is 2.20. The molecule has 0 saturated carbocycles. The third kappa shape index (κ3) is 3.27. The summed E-state index contributed by atoms with van der Waals surface area (Å²) in [6, 6.07) is 8.81. The van der Waals surface area contributed by atoms with E-state index in [1.807, 2.05) is 4.72 Å². The molecule has 0 atom stereocenters. The fourth-order valence-electron chi connectivity index (χ4n) is 1.47. The Morgan fingerprint density at radius 1 is 1.20 bits per heavy atom. The quantitative estimate of drug-likeness (QED) is 0.864. The van der Waals surface area contributed by atoms with Gasteiger partial charge in [-0.05, 0) is 45.8 Å². The molecule has 1 aromatic heterocycles. The van der Waals surface area contributed by atoms with Gasteiger partial charge < -0.3 is 10.2 Å². The Morgan fingerprint density at radius 3 is 2.35 bits per heavy atom. The molecule has 0 aliphatic rings. The average Bonchev–Trinajstić information content (AvgIpc) is 2.85. The zero-order valence-electron chi connectivity index (χ0n) is 10.2. The van der Waals surface area contributed by atoms with Crippen LogP contribution in [0.5, 0.6) is 0 Å². The number of nitrogens with one attached hydrogen (secondary N) is 1. The average molecular weight is 359 g/mol. The van der Waals surface area contributed by atoms with E-state index in [1.165, 1.54) is 24.3 Å². The molecular weight excluding hydrogens is 348 g/mol. The predicted octanol–water partition coefficient (Wildman–Crippen LogP) is 1.62. The molecule has 0 saturated heterocycles. The molecule has 1 aromatic carbocycles. The lowest BCUT2D eigenvalue weighted by Gasteiger charge is -2.06. The van der Waals surface area contributed by atoms with Gasteiger partial charge in [0, 0.05) is 6.54 Å². The summed E-state index contributed by atoms with van der Waals surface area (Å²) in [5.41, 5.74) is 6.23. The lowest BCUT2D eigenvalue weighted by Crippen LogP contribution is -2.30. The van der Waals surface area contributed by atoms with Crippen molar-refractivity contribution in [1.82, 2.24) is 4.72 Å². The summed E-state index contributed by atoms with van der Waals surface area (Å²) >= 11 is 3.03. The summed E-state index contributed by atoms with van der Waals surface area (Å²) < 4.78 is 31.3. The first kappa shape index (κ1) is 14.8. The normalized spacial score (nSPS) is 11.3. The lowest BCUT2D eigenvalue weighted by molar-refractivity contribution is 0.0953. The van der Waals surface area contributed by atoms with Gasteiger partial charge in [-0.2, -0.15) is 0 Å². The fourth-order valence-corrected chi connectivity index (χ4v) is 2.74. The summed E-state index contributed by atoms with van der Waals surface area (Å²) in [6.07, 6.45) is 0. The molecule has 2 aromatic rings. The smallest absolute Gasteiger partial charge is 0.300 e. The van der Waals surface area contributed by atoms with Gasteiger partial charge in [0.2, 0.25) is 0 Å². The van der Waals surface area contributed by atoms with Gasteiger partial charge >= 0.3 is 5.91 Å². The third-order valence-corrected chi connectivity index (χ3v) is 4.27. The topological polar surface area (TPSA) is 102 Å². The van der Waals surface area contributed by atoms with Crippen LogP contribution in [0, 0.1) is 0 Å². The Labute approximate surface area is 124 Å². The minimum atomic E-state index is -3.94. The summed E-state index contributed by atoms with van der Waals surface area (Å²) in [5.74, 6) is -0.933. The van der Waals surface area contributed by atoms with Gasteiger partial charge in [-0.3, -0.25) is 4.79 Å². The molecule has 0 radical (unpaired) electrons. The molecule has 6 nitrogen and oxygen atoms in total. The number of rotatable bonds is 4. The van der Waals surface area contributed by atoms with Gasteiger partial charge in [0.15, 0.2) is 10.4 Å². The van der Waals surface area contributed by atoms with Crippen molar-refractivity contribution in [1.29, 1.82) is 0 Å². The molecule has 3 N–H and O–H groups in total.